The van der Waals surface area contributed by atoms with E-state index in [-0.39, 0.29) is 0 Å². The molecule has 1 aromatic heterocycles. The predicted octanol–water partition coefficient (Wildman–Crippen LogP) is 2.03. The summed E-state index contributed by atoms with van der Waals surface area (Å²) >= 11 is 0. The molecule has 0 aliphatic heterocycles. The molecule has 1 aliphatic carbocycles. The first-order valence-electron chi connectivity index (χ1n) is 4.00. The Kier molecular flexibility index (Phi) is 1.53. The Labute approximate surface area is 65.4 Å². The minimum atomic E-state index is 0.345. The molecule has 1 heterocycles. The zero-order valence-corrected chi connectivity index (χ0v) is 6.34. The van der Waals surface area contributed by atoms with Gasteiger partial charge in [0.05, 0.1) is 6.26 Å². The maximum atomic E-state index is 7.47. The number of nitrogens with one attached hydrogen (secondary N) is 1. The molecule has 0 amide bonds. The summed E-state index contributed by atoms with van der Waals surface area (Å²) in [6.45, 7) is 0. The van der Waals surface area contributed by atoms with E-state index < -0.39 is 0 Å². The maximum absolute atomic E-state index is 7.47. The Bertz CT molecular complexity index is 298. The van der Waals surface area contributed by atoms with Gasteiger partial charge in [0.2, 0.25) is 5.55 Å². The molecule has 58 valence electrons. The number of hydrogen-bond donors (Lipinski definition) is 1. The lowest BCUT2D eigenvalue weighted by atomic mass is 9.81. The topological polar surface area (TPSA) is 37.0 Å². The van der Waals surface area contributed by atoms with Crippen LogP contribution in [0.2, 0.25) is 0 Å². The van der Waals surface area contributed by atoms with Crippen molar-refractivity contribution in [3.63, 3.8) is 0 Å². The van der Waals surface area contributed by atoms with Crippen LogP contribution in [0.15, 0.2) is 22.8 Å². The van der Waals surface area contributed by atoms with E-state index in [9.17, 15) is 0 Å². The van der Waals surface area contributed by atoms with E-state index in [0.29, 0.717) is 11.5 Å². The van der Waals surface area contributed by atoms with Crippen LogP contribution in [0.25, 0.3) is 0 Å². The lowest BCUT2D eigenvalue weighted by Crippen LogP contribution is -2.17. The van der Waals surface area contributed by atoms with Crippen molar-refractivity contribution in [2.24, 2.45) is 0 Å². The second-order valence-electron chi connectivity index (χ2n) is 3.03. The molecule has 1 fully saturated rings. The molecule has 1 N–H and O–H groups in total. The molecule has 11 heavy (non-hydrogen) atoms. The molecule has 1 aromatic rings. The first kappa shape index (κ1) is 6.65. The van der Waals surface area contributed by atoms with Crippen LogP contribution in [0.1, 0.15) is 30.7 Å². The SMILES string of the molecule is N=c1occcc1C1CCC1. The van der Waals surface area contributed by atoms with Crippen molar-refractivity contribution in [2.45, 2.75) is 25.2 Å². The van der Waals surface area contributed by atoms with Crippen LogP contribution in [0.5, 0.6) is 0 Å². The highest BCUT2D eigenvalue weighted by atomic mass is 16.3. The molecule has 0 radical (unpaired) electrons. The standard InChI is InChI=1S/C9H11NO/c10-9-8(5-2-6-11-9)7-3-1-4-7/h2,5-7,10H,1,3-4H2. The van der Waals surface area contributed by atoms with Gasteiger partial charge >= 0.3 is 0 Å². The van der Waals surface area contributed by atoms with Crippen LogP contribution in [-0.2, 0) is 0 Å². The fourth-order valence-electron chi connectivity index (χ4n) is 1.43. The van der Waals surface area contributed by atoms with Crippen LogP contribution in [0.4, 0.5) is 0 Å². The lowest BCUT2D eigenvalue weighted by Gasteiger charge is -2.24. The molecule has 0 unspecified atom stereocenters. The van der Waals surface area contributed by atoms with Crippen LogP contribution in [-0.4, -0.2) is 0 Å². The third-order valence-electron chi connectivity index (χ3n) is 2.35. The van der Waals surface area contributed by atoms with E-state index in [0.717, 1.165) is 5.56 Å². The van der Waals surface area contributed by atoms with Crippen molar-refractivity contribution in [3.8, 4) is 0 Å². The fraction of sp³-hybridized carbons (Fsp3) is 0.444. The maximum Gasteiger partial charge on any atom is 0.214 e. The average molecular weight is 149 g/mol. The van der Waals surface area contributed by atoms with Crippen LogP contribution in [0.3, 0.4) is 0 Å². The van der Waals surface area contributed by atoms with Crippen molar-refractivity contribution < 1.29 is 4.42 Å². The van der Waals surface area contributed by atoms with E-state index in [1.807, 2.05) is 12.1 Å². The van der Waals surface area contributed by atoms with Gasteiger partial charge in [-0.1, -0.05) is 12.5 Å². The molecule has 2 heteroatoms. The molecule has 0 bridgehead atoms. The lowest BCUT2D eigenvalue weighted by molar-refractivity contribution is 0.389. The van der Waals surface area contributed by atoms with Crippen LogP contribution >= 0.6 is 0 Å². The number of hydrogen-bond acceptors (Lipinski definition) is 2. The Hall–Kier alpha value is -1.05. The highest BCUT2D eigenvalue weighted by Crippen LogP contribution is 2.34. The summed E-state index contributed by atoms with van der Waals surface area (Å²) in [5.74, 6) is 0.604. The minimum Gasteiger partial charge on any atom is -0.447 e. The van der Waals surface area contributed by atoms with Crippen molar-refractivity contribution >= 4 is 0 Å². The Morgan fingerprint density at radius 1 is 1.45 bits per heavy atom. The zero-order chi connectivity index (χ0) is 7.68. The summed E-state index contributed by atoms with van der Waals surface area (Å²) in [4.78, 5) is 0. The summed E-state index contributed by atoms with van der Waals surface area (Å²) in [5.41, 5.74) is 1.43. The molecule has 0 aromatic carbocycles. The van der Waals surface area contributed by atoms with Gasteiger partial charge in [0, 0.05) is 5.56 Å². The van der Waals surface area contributed by atoms with E-state index in [1.165, 1.54) is 19.3 Å². The van der Waals surface area contributed by atoms with Gasteiger partial charge in [0.25, 0.3) is 0 Å². The number of rotatable bonds is 1. The largest absolute Gasteiger partial charge is 0.447 e. The van der Waals surface area contributed by atoms with Crippen LogP contribution in [0, 0.1) is 5.41 Å². The molecule has 1 aliphatic rings. The van der Waals surface area contributed by atoms with Crippen molar-refractivity contribution in [1.29, 1.82) is 5.41 Å². The Morgan fingerprint density at radius 3 is 2.82 bits per heavy atom. The van der Waals surface area contributed by atoms with Gasteiger partial charge in [-0.25, -0.2) is 0 Å². The summed E-state index contributed by atoms with van der Waals surface area (Å²) in [7, 11) is 0. The van der Waals surface area contributed by atoms with E-state index in [2.05, 4.69) is 0 Å². The monoisotopic (exact) mass is 149 g/mol. The molecule has 1 saturated carbocycles. The third-order valence-corrected chi connectivity index (χ3v) is 2.35. The molecule has 2 rings (SSSR count). The Balaban J connectivity index is 2.36. The first-order valence-corrected chi connectivity index (χ1v) is 4.00. The van der Waals surface area contributed by atoms with Crippen molar-refractivity contribution in [2.75, 3.05) is 0 Å². The summed E-state index contributed by atoms with van der Waals surface area (Å²) < 4.78 is 4.98. The first-order chi connectivity index (χ1) is 5.38. The van der Waals surface area contributed by atoms with Gasteiger partial charge in [0.15, 0.2) is 0 Å². The van der Waals surface area contributed by atoms with Crippen LogP contribution < -0.4 is 5.55 Å². The van der Waals surface area contributed by atoms with Crippen molar-refractivity contribution in [1.82, 2.24) is 0 Å². The second-order valence-corrected chi connectivity index (χ2v) is 3.03. The molecular weight excluding hydrogens is 138 g/mol. The van der Waals surface area contributed by atoms with Crippen molar-refractivity contribution in [3.05, 3.63) is 29.5 Å². The molecule has 2 nitrogen and oxygen atoms in total. The molecule has 0 saturated heterocycles. The summed E-state index contributed by atoms with van der Waals surface area (Å²) in [6.07, 6.45) is 5.32. The summed E-state index contributed by atoms with van der Waals surface area (Å²) in [6, 6.07) is 3.86. The van der Waals surface area contributed by atoms with E-state index >= 15 is 0 Å². The van der Waals surface area contributed by atoms with Gasteiger partial charge in [-0.05, 0) is 24.8 Å². The van der Waals surface area contributed by atoms with Gasteiger partial charge in [-0.15, -0.1) is 0 Å². The predicted molar refractivity (Wildman–Crippen MR) is 41.2 cm³/mol. The second kappa shape index (κ2) is 2.53. The zero-order valence-electron chi connectivity index (χ0n) is 6.34. The fourth-order valence-corrected chi connectivity index (χ4v) is 1.43. The van der Waals surface area contributed by atoms with Gasteiger partial charge < -0.3 is 4.42 Å². The van der Waals surface area contributed by atoms with E-state index in [4.69, 9.17) is 9.83 Å². The van der Waals surface area contributed by atoms with E-state index in [1.54, 1.807) is 6.26 Å². The molecule has 0 spiro atoms. The Morgan fingerprint density at radius 2 is 2.27 bits per heavy atom. The summed E-state index contributed by atoms with van der Waals surface area (Å²) in [5, 5.41) is 7.47. The molecule has 0 atom stereocenters. The molecular formula is C9H11NO. The van der Waals surface area contributed by atoms with Gasteiger partial charge in [0.1, 0.15) is 0 Å². The highest BCUT2D eigenvalue weighted by Gasteiger charge is 2.20. The average Bonchev–Trinajstić information content (AvgIpc) is 1.90. The minimum absolute atomic E-state index is 0.345. The normalized spacial score (nSPS) is 17.8. The highest BCUT2D eigenvalue weighted by molar-refractivity contribution is 5.14. The quantitative estimate of drug-likeness (QED) is 0.651. The van der Waals surface area contributed by atoms with Gasteiger partial charge in [-0.2, -0.15) is 0 Å². The third kappa shape index (κ3) is 1.09. The smallest absolute Gasteiger partial charge is 0.214 e. The van der Waals surface area contributed by atoms with Gasteiger partial charge in [-0.3, -0.25) is 5.41 Å².